The lowest BCUT2D eigenvalue weighted by Crippen LogP contribution is -2.39. The molecule has 0 saturated heterocycles. The highest BCUT2D eigenvalue weighted by Gasteiger charge is 2.17. The van der Waals surface area contributed by atoms with Crippen molar-refractivity contribution in [1.29, 1.82) is 0 Å². The number of amides is 2. The summed E-state index contributed by atoms with van der Waals surface area (Å²) < 4.78 is 1.51. The minimum Gasteiger partial charge on any atom is -0.370 e. The molecule has 1 unspecified atom stereocenters. The average molecular weight is 274 g/mol. The number of anilines is 1. The zero-order valence-electron chi connectivity index (χ0n) is 10.6. The third kappa shape index (κ3) is 3.18. The topological polar surface area (TPSA) is 129 Å². The van der Waals surface area contributed by atoms with Crippen molar-refractivity contribution in [1.82, 2.24) is 14.8 Å². The van der Waals surface area contributed by atoms with Crippen LogP contribution in [0.2, 0.25) is 0 Å². The van der Waals surface area contributed by atoms with Crippen molar-refractivity contribution in [2.75, 3.05) is 5.32 Å². The lowest BCUT2D eigenvalue weighted by molar-refractivity contribution is -0.123. The van der Waals surface area contributed by atoms with Crippen LogP contribution in [0.4, 0.5) is 5.69 Å². The molecule has 2 aromatic rings. The summed E-state index contributed by atoms with van der Waals surface area (Å²) in [6.45, 7) is 0. The molecule has 2 rings (SSSR count). The maximum absolute atomic E-state index is 11.9. The molecule has 0 spiro atoms. The molecule has 0 aliphatic heterocycles. The van der Waals surface area contributed by atoms with E-state index in [1.165, 1.54) is 17.3 Å². The molecule has 0 saturated carbocycles. The highest BCUT2D eigenvalue weighted by Crippen LogP contribution is 2.18. The second kappa shape index (κ2) is 5.93. The first-order valence-corrected chi connectivity index (χ1v) is 5.86. The van der Waals surface area contributed by atoms with E-state index >= 15 is 0 Å². The van der Waals surface area contributed by atoms with Crippen LogP contribution in [0.15, 0.2) is 36.9 Å². The van der Waals surface area contributed by atoms with Crippen LogP contribution in [0.1, 0.15) is 6.42 Å². The molecule has 8 heteroatoms. The van der Waals surface area contributed by atoms with Crippen LogP contribution in [0.25, 0.3) is 5.69 Å². The molecule has 5 N–H and O–H groups in total. The molecule has 20 heavy (non-hydrogen) atoms. The van der Waals surface area contributed by atoms with E-state index in [-0.39, 0.29) is 6.42 Å². The van der Waals surface area contributed by atoms with Gasteiger partial charge in [0, 0.05) is 0 Å². The maximum atomic E-state index is 11.9. The van der Waals surface area contributed by atoms with E-state index < -0.39 is 17.9 Å². The van der Waals surface area contributed by atoms with Crippen molar-refractivity contribution in [2.24, 2.45) is 11.5 Å². The van der Waals surface area contributed by atoms with Crippen LogP contribution in [-0.4, -0.2) is 32.6 Å². The van der Waals surface area contributed by atoms with E-state index in [2.05, 4.69) is 15.4 Å². The van der Waals surface area contributed by atoms with Crippen molar-refractivity contribution in [3.05, 3.63) is 36.9 Å². The number of carbonyl (C=O) groups excluding carboxylic acids is 2. The van der Waals surface area contributed by atoms with Gasteiger partial charge in [0.1, 0.15) is 12.7 Å². The van der Waals surface area contributed by atoms with Gasteiger partial charge in [-0.3, -0.25) is 9.59 Å². The lowest BCUT2D eigenvalue weighted by atomic mass is 10.2. The molecule has 2 amide bonds. The first-order chi connectivity index (χ1) is 9.58. The Bertz CT molecular complexity index is 610. The van der Waals surface area contributed by atoms with Crippen LogP contribution in [0, 0.1) is 0 Å². The summed E-state index contributed by atoms with van der Waals surface area (Å²) in [5.41, 5.74) is 11.8. The first kappa shape index (κ1) is 13.7. The quantitative estimate of drug-likeness (QED) is 0.671. The molecular weight excluding hydrogens is 260 g/mol. The van der Waals surface area contributed by atoms with Gasteiger partial charge in [-0.1, -0.05) is 12.1 Å². The summed E-state index contributed by atoms with van der Waals surface area (Å²) in [7, 11) is 0. The number of carbonyl (C=O) groups is 2. The number of nitrogens with zero attached hydrogens (tertiary/aromatic N) is 3. The van der Waals surface area contributed by atoms with Gasteiger partial charge < -0.3 is 16.8 Å². The standard InChI is InChI=1S/C12H14N6O2/c13-8(5-11(14)19)12(20)17-9-3-1-2-4-10(9)18-7-15-6-16-18/h1-4,6-8H,5,13H2,(H2,14,19)(H,17,20). The van der Waals surface area contributed by atoms with Crippen molar-refractivity contribution < 1.29 is 9.59 Å². The number of para-hydroxylation sites is 2. The molecule has 0 aliphatic carbocycles. The molecule has 0 bridgehead atoms. The highest BCUT2D eigenvalue weighted by atomic mass is 16.2. The van der Waals surface area contributed by atoms with Crippen LogP contribution >= 0.6 is 0 Å². The number of hydrogen-bond acceptors (Lipinski definition) is 5. The average Bonchev–Trinajstić information content (AvgIpc) is 2.92. The van der Waals surface area contributed by atoms with E-state index in [0.29, 0.717) is 11.4 Å². The molecule has 104 valence electrons. The van der Waals surface area contributed by atoms with E-state index in [4.69, 9.17) is 11.5 Å². The van der Waals surface area contributed by atoms with Gasteiger partial charge in [-0.15, -0.1) is 0 Å². The minimum absolute atomic E-state index is 0.211. The Balaban J connectivity index is 2.18. The number of aromatic nitrogens is 3. The Morgan fingerprint density at radius 1 is 1.35 bits per heavy atom. The Hall–Kier alpha value is -2.74. The van der Waals surface area contributed by atoms with Gasteiger partial charge >= 0.3 is 0 Å². The van der Waals surface area contributed by atoms with Gasteiger partial charge in [0.05, 0.1) is 23.8 Å². The Morgan fingerprint density at radius 2 is 2.10 bits per heavy atom. The number of nitrogens with one attached hydrogen (secondary N) is 1. The zero-order valence-corrected chi connectivity index (χ0v) is 10.6. The molecule has 1 aromatic heterocycles. The second-order valence-electron chi connectivity index (χ2n) is 4.12. The zero-order chi connectivity index (χ0) is 14.5. The maximum Gasteiger partial charge on any atom is 0.241 e. The molecule has 1 atom stereocenters. The Labute approximate surface area is 114 Å². The third-order valence-electron chi connectivity index (χ3n) is 2.59. The highest BCUT2D eigenvalue weighted by molar-refractivity contribution is 5.98. The fourth-order valence-electron chi connectivity index (χ4n) is 1.65. The largest absolute Gasteiger partial charge is 0.370 e. The van der Waals surface area contributed by atoms with Crippen molar-refractivity contribution in [3.63, 3.8) is 0 Å². The van der Waals surface area contributed by atoms with E-state index in [9.17, 15) is 9.59 Å². The Kier molecular flexibility index (Phi) is 4.06. The summed E-state index contributed by atoms with van der Waals surface area (Å²) in [6, 6.07) is 6.04. The minimum atomic E-state index is -0.990. The fourth-order valence-corrected chi connectivity index (χ4v) is 1.65. The normalized spacial score (nSPS) is 11.8. The van der Waals surface area contributed by atoms with Gasteiger partial charge in [-0.05, 0) is 12.1 Å². The predicted octanol–water partition coefficient (Wildman–Crippen LogP) is -0.591. The third-order valence-corrected chi connectivity index (χ3v) is 2.59. The molecule has 1 aromatic carbocycles. The van der Waals surface area contributed by atoms with E-state index in [0.717, 1.165) is 0 Å². The van der Waals surface area contributed by atoms with Crippen LogP contribution in [0.3, 0.4) is 0 Å². The summed E-state index contributed by atoms with van der Waals surface area (Å²) >= 11 is 0. The van der Waals surface area contributed by atoms with Crippen LogP contribution in [0.5, 0.6) is 0 Å². The fraction of sp³-hybridized carbons (Fsp3) is 0.167. The van der Waals surface area contributed by atoms with Gasteiger partial charge in [-0.2, -0.15) is 5.10 Å². The number of rotatable bonds is 5. The van der Waals surface area contributed by atoms with Gasteiger partial charge in [0.2, 0.25) is 11.8 Å². The molecule has 0 radical (unpaired) electrons. The van der Waals surface area contributed by atoms with Gasteiger partial charge in [0.25, 0.3) is 0 Å². The number of hydrogen-bond donors (Lipinski definition) is 3. The van der Waals surface area contributed by atoms with Crippen molar-refractivity contribution in [2.45, 2.75) is 12.5 Å². The van der Waals surface area contributed by atoms with Crippen molar-refractivity contribution >= 4 is 17.5 Å². The molecule has 8 nitrogen and oxygen atoms in total. The van der Waals surface area contributed by atoms with Gasteiger partial charge in [0.15, 0.2) is 0 Å². The smallest absolute Gasteiger partial charge is 0.241 e. The summed E-state index contributed by atoms with van der Waals surface area (Å²) in [4.78, 5) is 26.5. The molecule has 0 aliphatic rings. The second-order valence-corrected chi connectivity index (χ2v) is 4.12. The van der Waals surface area contributed by atoms with E-state index in [1.807, 2.05) is 0 Å². The Morgan fingerprint density at radius 3 is 2.75 bits per heavy atom. The van der Waals surface area contributed by atoms with E-state index in [1.54, 1.807) is 24.3 Å². The summed E-state index contributed by atoms with van der Waals surface area (Å²) in [5.74, 6) is -1.12. The summed E-state index contributed by atoms with van der Waals surface area (Å²) in [6.07, 6.45) is 2.68. The summed E-state index contributed by atoms with van der Waals surface area (Å²) in [5, 5.41) is 6.64. The molecule has 0 fully saturated rings. The monoisotopic (exact) mass is 274 g/mol. The number of benzene rings is 1. The number of primary amides is 1. The molecule has 1 heterocycles. The van der Waals surface area contributed by atoms with Crippen LogP contribution in [-0.2, 0) is 9.59 Å². The molecular formula is C12H14N6O2. The SMILES string of the molecule is NC(=O)CC(N)C(=O)Nc1ccccc1-n1cncn1. The first-order valence-electron chi connectivity index (χ1n) is 5.86. The number of nitrogens with two attached hydrogens (primary N) is 2. The van der Waals surface area contributed by atoms with Crippen molar-refractivity contribution in [3.8, 4) is 5.69 Å². The predicted molar refractivity (Wildman–Crippen MR) is 71.8 cm³/mol. The van der Waals surface area contributed by atoms with Crippen LogP contribution < -0.4 is 16.8 Å². The lowest BCUT2D eigenvalue weighted by Gasteiger charge is -2.13. The van der Waals surface area contributed by atoms with Gasteiger partial charge in [-0.25, -0.2) is 9.67 Å².